The van der Waals surface area contributed by atoms with E-state index in [9.17, 15) is 9.90 Å². The molecule has 6 heteroatoms. The Morgan fingerprint density at radius 2 is 1.83 bits per heavy atom. The number of nitrogens with zero attached hydrogens (tertiary/aromatic N) is 3. The molecule has 3 aliphatic rings. The van der Waals surface area contributed by atoms with Crippen molar-refractivity contribution in [2.45, 2.75) is 75.9 Å². The highest BCUT2D eigenvalue weighted by Gasteiger charge is 2.59. The predicted molar refractivity (Wildman–Crippen MR) is 141 cm³/mol. The molecule has 1 amide bonds. The van der Waals surface area contributed by atoms with Gasteiger partial charge in [-0.3, -0.25) is 14.7 Å². The van der Waals surface area contributed by atoms with Crippen molar-refractivity contribution < 1.29 is 14.6 Å². The molecule has 194 valence electrons. The normalized spacial score (nSPS) is 28.9. The van der Waals surface area contributed by atoms with Crippen molar-refractivity contribution >= 4 is 5.91 Å². The number of aryl methyl sites for hydroxylation is 2. The number of carbonyl (C=O) groups is 1. The molecule has 3 atom stereocenters. The van der Waals surface area contributed by atoms with Crippen LogP contribution < -0.4 is 4.74 Å². The molecule has 2 aliphatic heterocycles. The number of fused-ring (bicyclic) bond motifs is 1. The topological polar surface area (TPSA) is 65.9 Å². The van der Waals surface area contributed by atoms with Crippen molar-refractivity contribution in [1.29, 1.82) is 0 Å². The fourth-order valence-corrected chi connectivity index (χ4v) is 6.82. The highest BCUT2D eigenvalue weighted by molar-refractivity contribution is 5.76. The zero-order chi connectivity index (χ0) is 25.3. The fraction of sp³-hybridized carbons (Fsp3) is 0.600. The molecule has 6 nitrogen and oxygen atoms in total. The van der Waals surface area contributed by atoms with E-state index in [1.807, 2.05) is 23.1 Å². The third kappa shape index (κ3) is 4.66. The molecular weight excluding hydrogens is 450 g/mol. The Bertz CT molecular complexity index is 1070. The number of methoxy groups -OCH3 is 1. The van der Waals surface area contributed by atoms with E-state index < -0.39 is 11.0 Å². The van der Waals surface area contributed by atoms with E-state index >= 15 is 0 Å². The number of amides is 1. The standard InChI is InChI=1S/C30H41N3O3/c1-22-4-8-26(36-3)20-27(22)29-12-17-32(28(34)9-7-24-10-15-31-16-11-24)19-14-30(29,35)23(2)33(18-13-29)21-25-5-6-25/h4,8,10-11,15-16,20,23,25,35H,5-7,9,12-14,17-19,21H2,1-3H3. The second kappa shape index (κ2) is 10.1. The molecule has 2 aromatic rings. The summed E-state index contributed by atoms with van der Waals surface area (Å²) in [5.74, 6) is 1.78. The summed E-state index contributed by atoms with van der Waals surface area (Å²) in [6, 6.07) is 10.3. The molecule has 3 heterocycles. The third-order valence-corrected chi connectivity index (χ3v) is 9.34. The van der Waals surface area contributed by atoms with Crippen LogP contribution >= 0.6 is 0 Å². The number of aromatic nitrogens is 1. The lowest BCUT2D eigenvalue weighted by atomic mass is 9.57. The lowest BCUT2D eigenvalue weighted by molar-refractivity contribution is -0.137. The Hall–Kier alpha value is -2.44. The van der Waals surface area contributed by atoms with Gasteiger partial charge in [-0.2, -0.15) is 0 Å². The second-order valence-electron chi connectivity index (χ2n) is 11.3. The monoisotopic (exact) mass is 491 g/mol. The van der Waals surface area contributed by atoms with Gasteiger partial charge in [0.2, 0.25) is 5.91 Å². The van der Waals surface area contributed by atoms with Crippen molar-refractivity contribution in [3.8, 4) is 5.75 Å². The van der Waals surface area contributed by atoms with Crippen molar-refractivity contribution in [2.24, 2.45) is 5.92 Å². The van der Waals surface area contributed by atoms with E-state index in [1.54, 1.807) is 19.5 Å². The Kier molecular flexibility index (Phi) is 7.10. The highest BCUT2D eigenvalue weighted by atomic mass is 16.5. The molecule has 1 saturated carbocycles. The maximum Gasteiger partial charge on any atom is 0.222 e. The van der Waals surface area contributed by atoms with E-state index in [4.69, 9.17) is 4.74 Å². The van der Waals surface area contributed by atoms with Gasteiger partial charge < -0.3 is 14.7 Å². The van der Waals surface area contributed by atoms with Gasteiger partial charge in [0.05, 0.1) is 12.7 Å². The minimum absolute atomic E-state index is 0.0318. The van der Waals surface area contributed by atoms with E-state index in [0.29, 0.717) is 32.4 Å². The molecule has 3 unspecified atom stereocenters. The molecule has 1 aliphatic carbocycles. The lowest BCUT2D eigenvalue weighted by Gasteiger charge is -2.57. The predicted octanol–water partition coefficient (Wildman–Crippen LogP) is 4.13. The summed E-state index contributed by atoms with van der Waals surface area (Å²) in [5, 5.41) is 12.7. The van der Waals surface area contributed by atoms with E-state index in [1.165, 1.54) is 24.0 Å². The Morgan fingerprint density at radius 3 is 2.56 bits per heavy atom. The number of carbonyl (C=O) groups excluding carboxylic acids is 1. The Balaban J connectivity index is 1.44. The number of likely N-dealkylation sites (tertiary alicyclic amines) is 2. The number of piperidine rings is 1. The molecule has 0 radical (unpaired) electrons. The number of aliphatic hydroxyl groups is 1. The van der Waals surface area contributed by atoms with Gasteiger partial charge in [-0.1, -0.05) is 6.07 Å². The highest BCUT2D eigenvalue weighted by Crippen LogP contribution is 2.53. The maximum absolute atomic E-state index is 13.3. The van der Waals surface area contributed by atoms with Gasteiger partial charge in [0.25, 0.3) is 0 Å². The summed E-state index contributed by atoms with van der Waals surface area (Å²) in [6.45, 7) is 7.68. The smallest absolute Gasteiger partial charge is 0.222 e. The average Bonchev–Trinajstić information content (AvgIpc) is 3.73. The summed E-state index contributed by atoms with van der Waals surface area (Å²) in [5.41, 5.74) is 2.18. The first kappa shape index (κ1) is 25.2. The average molecular weight is 492 g/mol. The third-order valence-electron chi connectivity index (χ3n) is 9.34. The van der Waals surface area contributed by atoms with Crippen LogP contribution in [0.3, 0.4) is 0 Å². The van der Waals surface area contributed by atoms with Crippen LogP contribution in [0.5, 0.6) is 5.75 Å². The first-order valence-electron chi connectivity index (χ1n) is 13.6. The Labute approximate surface area is 215 Å². The van der Waals surface area contributed by atoms with Gasteiger partial charge in [-0.05, 0) is 106 Å². The molecule has 1 aromatic heterocycles. The molecule has 1 N–H and O–H groups in total. The fourth-order valence-electron chi connectivity index (χ4n) is 6.82. The first-order valence-corrected chi connectivity index (χ1v) is 13.6. The zero-order valence-electron chi connectivity index (χ0n) is 22.1. The molecule has 0 bridgehead atoms. The van der Waals surface area contributed by atoms with Crippen molar-refractivity contribution in [3.63, 3.8) is 0 Å². The number of rotatable bonds is 7. The summed E-state index contributed by atoms with van der Waals surface area (Å²) < 4.78 is 5.62. The lowest BCUT2D eigenvalue weighted by Crippen LogP contribution is -2.68. The zero-order valence-corrected chi connectivity index (χ0v) is 22.1. The molecule has 1 aromatic carbocycles. The molecular formula is C30H41N3O3. The number of benzene rings is 1. The minimum Gasteiger partial charge on any atom is -0.497 e. The SMILES string of the molecule is COc1ccc(C)c(C23CCN(C(=O)CCc4ccncc4)CCC2(O)C(C)N(CC2CC2)CC3)c1. The number of ether oxygens (including phenoxy) is 1. The van der Waals surface area contributed by atoms with E-state index in [2.05, 4.69) is 35.9 Å². The van der Waals surface area contributed by atoms with Crippen LogP contribution in [0.4, 0.5) is 0 Å². The minimum atomic E-state index is -0.919. The molecule has 36 heavy (non-hydrogen) atoms. The van der Waals surface area contributed by atoms with E-state index in [0.717, 1.165) is 43.2 Å². The van der Waals surface area contributed by atoms with Crippen LogP contribution in [-0.2, 0) is 16.6 Å². The number of hydrogen-bond donors (Lipinski definition) is 1. The summed E-state index contributed by atoms with van der Waals surface area (Å²) in [4.78, 5) is 21.9. The van der Waals surface area contributed by atoms with Crippen LogP contribution in [-0.4, -0.2) is 70.7 Å². The van der Waals surface area contributed by atoms with E-state index in [-0.39, 0.29) is 11.9 Å². The van der Waals surface area contributed by atoms with Crippen LogP contribution in [0.2, 0.25) is 0 Å². The largest absolute Gasteiger partial charge is 0.497 e. The van der Waals surface area contributed by atoms with Gasteiger partial charge in [0, 0.05) is 49.9 Å². The van der Waals surface area contributed by atoms with Crippen molar-refractivity contribution in [1.82, 2.24) is 14.8 Å². The molecule has 0 spiro atoms. The van der Waals surface area contributed by atoms with Gasteiger partial charge in [0.1, 0.15) is 5.75 Å². The van der Waals surface area contributed by atoms with Crippen molar-refractivity contribution in [2.75, 3.05) is 33.3 Å². The quantitative estimate of drug-likeness (QED) is 0.631. The number of hydrogen-bond acceptors (Lipinski definition) is 5. The van der Waals surface area contributed by atoms with Gasteiger partial charge in [-0.25, -0.2) is 0 Å². The second-order valence-corrected chi connectivity index (χ2v) is 11.3. The van der Waals surface area contributed by atoms with Gasteiger partial charge >= 0.3 is 0 Å². The maximum atomic E-state index is 13.3. The van der Waals surface area contributed by atoms with Crippen LogP contribution in [0, 0.1) is 12.8 Å². The molecule has 3 fully saturated rings. The Morgan fingerprint density at radius 1 is 1.11 bits per heavy atom. The van der Waals surface area contributed by atoms with Gasteiger partial charge in [0.15, 0.2) is 0 Å². The summed E-state index contributed by atoms with van der Waals surface area (Å²) >= 11 is 0. The summed E-state index contributed by atoms with van der Waals surface area (Å²) in [7, 11) is 1.70. The van der Waals surface area contributed by atoms with Crippen molar-refractivity contribution in [3.05, 3.63) is 59.4 Å². The summed E-state index contributed by atoms with van der Waals surface area (Å²) in [6.07, 6.45) is 9.62. The number of pyridine rings is 1. The van der Waals surface area contributed by atoms with Crippen LogP contribution in [0.1, 0.15) is 62.1 Å². The first-order chi connectivity index (χ1) is 17.4. The molecule has 2 saturated heterocycles. The van der Waals surface area contributed by atoms with Gasteiger partial charge in [-0.15, -0.1) is 0 Å². The van der Waals surface area contributed by atoms with Crippen LogP contribution in [0.25, 0.3) is 0 Å². The molecule has 5 rings (SSSR count). The van der Waals surface area contributed by atoms with Crippen LogP contribution in [0.15, 0.2) is 42.7 Å².